The Balaban J connectivity index is 1.69. The molecule has 0 aliphatic heterocycles. The lowest BCUT2D eigenvalue weighted by molar-refractivity contribution is 0.274. The van der Waals surface area contributed by atoms with Crippen molar-refractivity contribution in [3.05, 3.63) is 35.4 Å². The van der Waals surface area contributed by atoms with Gasteiger partial charge in [-0.05, 0) is 61.0 Å². The Bertz CT molecular complexity index is 418. The van der Waals surface area contributed by atoms with Crippen LogP contribution >= 0.6 is 0 Å². The highest BCUT2D eigenvalue weighted by atomic mass is 14.7. The third-order valence-corrected chi connectivity index (χ3v) is 5.65. The van der Waals surface area contributed by atoms with Crippen LogP contribution in [0.1, 0.15) is 81.3 Å². The maximum Gasteiger partial charge on any atom is 0.0108 e. The van der Waals surface area contributed by atoms with Crippen LogP contribution < -0.4 is 5.73 Å². The summed E-state index contributed by atoms with van der Waals surface area (Å²) in [7, 11) is 0. The van der Waals surface area contributed by atoms with Crippen LogP contribution in [0.15, 0.2) is 24.3 Å². The Labute approximate surface area is 124 Å². The van der Waals surface area contributed by atoms with Crippen LogP contribution in [0.25, 0.3) is 0 Å². The molecule has 3 unspecified atom stereocenters. The molecule has 3 rings (SSSR count). The number of hydrogen-bond donors (Lipinski definition) is 1. The number of hydrogen-bond acceptors (Lipinski definition) is 1. The summed E-state index contributed by atoms with van der Waals surface area (Å²) in [5.41, 5.74) is 9.44. The van der Waals surface area contributed by atoms with Gasteiger partial charge >= 0.3 is 0 Å². The lowest BCUT2D eigenvalue weighted by Gasteiger charge is -2.35. The molecule has 0 amide bonds. The van der Waals surface area contributed by atoms with Gasteiger partial charge < -0.3 is 5.73 Å². The smallest absolute Gasteiger partial charge is 0.0108 e. The first-order valence-electron chi connectivity index (χ1n) is 8.63. The van der Waals surface area contributed by atoms with Crippen LogP contribution in [0.4, 0.5) is 0 Å². The summed E-state index contributed by atoms with van der Waals surface area (Å²) >= 11 is 0. The van der Waals surface area contributed by atoms with Gasteiger partial charge in [0.1, 0.15) is 0 Å². The minimum Gasteiger partial charge on any atom is -0.327 e. The molecule has 2 N–H and O–H groups in total. The molecule has 0 spiro atoms. The van der Waals surface area contributed by atoms with Gasteiger partial charge in [-0.3, -0.25) is 0 Å². The first-order chi connectivity index (χ1) is 9.78. The van der Waals surface area contributed by atoms with Crippen molar-refractivity contribution >= 4 is 0 Å². The molecule has 0 radical (unpaired) electrons. The van der Waals surface area contributed by atoms with E-state index in [9.17, 15) is 0 Å². The zero-order chi connectivity index (χ0) is 13.9. The third kappa shape index (κ3) is 2.93. The number of rotatable bonds is 4. The predicted molar refractivity (Wildman–Crippen MR) is 86.0 cm³/mol. The summed E-state index contributed by atoms with van der Waals surface area (Å²) in [6, 6.07) is 9.85. The van der Waals surface area contributed by atoms with Gasteiger partial charge in [0.25, 0.3) is 0 Å². The molecule has 2 aliphatic carbocycles. The summed E-state index contributed by atoms with van der Waals surface area (Å²) in [5, 5.41) is 0. The normalized spacial score (nSPS) is 31.0. The van der Waals surface area contributed by atoms with Gasteiger partial charge in [0.15, 0.2) is 0 Å². The van der Waals surface area contributed by atoms with Crippen LogP contribution in [0.2, 0.25) is 0 Å². The molecule has 1 aromatic carbocycles. The molecule has 0 saturated heterocycles. The van der Waals surface area contributed by atoms with E-state index in [4.69, 9.17) is 5.73 Å². The average molecular weight is 271 g/mol. The minimum absolute atomic E-state index is 0.373. The van der Waals surface area contributed by atoms with E-state index in [0.29, 0.717) is 12.0 Å². The molecule has 0 bridgehead atoms. The monoisotopic (exact) mass is 271 g/mol. The van der Waals surface area contributed by atoms with E-state index in [-0.39, 0.29) is 0 Å². The van der Waals surface area contributed by atoms with Crippen LogP contribution in [-0.2, 0) is 0 Å². The number of nitrogens with two attached hydrogens (primary N) is 1. The molecule has 1 nitrogen and oxygen atoms in total. The van der Waals surface area contributed by atoms with E-state index >= 15 is 0 Å². The second-order valence-corrected chi connectivity index (χ2v) is 7.03. The van der Waals surface area contributed by atoms with Crippen molar-refractivity contribution in [2.45, 2.75) is 76.2 Å². The molecule has 1 aromatic rings. The predicted octanol–water partition coefficient (Wildman–Crippen LogP) is 4.97. The van der Waals surface area contributed by atoms with E-state index in [2.05, 4.69) is 31.2 Å². The molecule has 20 heavy (non-hydrogen) atoms. The van der Waals surface area contributed by atoms with E-state index in [1.807, 2.05) is 0 Å². The highest BCUT2D eigenvalue weighted by Gasteiger charge is 2.29. The Morgan fingerprint density at radius 2 is 1.70 bits per heavy atom. The standard InChI is InChI=1S/C19H29N/c1-2-4-14-7-12-19(20)18(13-14)17-10-8-16(9-11-17)15-5-3-6-15/h8-11,14-15,18-19H,2-7,12-13,20H2,1H3. The summed E-state index contributed by atoms with van der Waals surface area (Å²) in [4.78, 5) is 0. The first-order valence-corrected chi connectivity index (χ1v) is 8.63. The largest absolute Gasteiger partial charge is 0.327 e. The van der Waals surface area contributed by atoms with Crippen molar-refractivity contribution in [2.24, 2.45) is 11.7 Å². The molecule has 110 valence electrons. The lowest BCUT2D eigenvalue weighted by atomic mass is 9.73. The van der Waals surface area contributed by atoms with E-state index in [0.717, 1.165) is 11.8 Å². The van der Waals surface area contributed by atoms with Crippen LogP contribution in [0.3, 0.4) is 0 Å². The summed E-state index contributed by atoms with van der Waals surface area (Å²) < 4.78 is 0. The SMILES string of the molecule is CCCC1CCC(N)C(c2ccc(C3CCC3)cc2)C1. The van der Waals surface area contributed by atoms with Gasteiger partial charge in [-0.1, -0.05) is 50.5 Å². The molecular formula is C19H29N. The quantitative estimate of drug-likeness (QED) is 0.822. The second kappa shape index (κ2) is 6.30. The Hall–Kier alpha value is -0.820. The van der Waals surface area contributed by atoms with Crippen molar-refractivity contribution in [2.75, 3.05) is 0 Å². The Morgan fingerprint density at radius 1 is 1.00 bits per heavy atom. The first kappa shape index (κ1) is 14.1. The zero-order valence-electron chi connectivity index (χ0n) is 12.9. The fraction of sp³-hybridized carbons (Fsp3) is 0.684. The van der Waals surface area contributed by atoms with Crippen molar-refractivity contribution in [3.63, 3.8) is 0 Å². The van der Waals surface area contributed by atoms with Crippen molar-refractivity contribution in [3.8, 4) is 0 Å². The van der Waals surface area contributed by atoms with Gasteiger partial charge in [0.2, 0.25) is 0 Å². The second-order valence-electron chi connectivity index (χ2n) is 7.03. The highest BCUT2D eigenvalue weighted by Crippen LogP contribution is 2.40. The highest BCUT2D eigenvalue weighted by molar-refractivity contribution is 5.30. The van der Waals surface area contributed by atoms with Gasteiger partial charge in [-0.15, -0.1) is 0 Å². The third-order valence-electron chi connectivity index (χ3n) is 5.65. The topological polar surface area (TPSA) is 26.0 Å². The van der Waals surface area contributed by atoms with E-state index in [1.165, 1.54) is 56.9 Å². The van der Waals surface area contributed by atoms with E-state index in [1.54, 1.807) is 5.56 Å². The maximum absolute atomic E-state index is 6.40. The molecule has 0 aromatic heterocycles. The van der Waals surface area contributed by atoms with Gasteiger partial charge in [0.05, 0.1) is 0 Å². The molecule has 2 aliphatic rings. The minimum atomic E-state index is 0.373. The van der Waals surface area contributed by atoms with Gasteiger partial charge in [-0.2, -0.15) is 0 Å². The summed E-state index contributed by atoms with van der Waals surface area (Å²) in [5.74, 6) is 2.34. The average Bonchev–Trinajstić information content (AvgIpc) is 2.40. The zero-order valence-corrected chi connectivity index (χ0v) is 12.9. The molecule has 1 heteroatoms. The summed E-state index contributed by atoms with van der Waals surface area (Å²) in [6.07, 6.45) is 10.7. The lowest BCUT2D eigenvalue weighted by Crippen LogP contribution is -2.34. The van der Waals surface area contributed by atoms with E-state index < -0.39 is 0 Å². The summed E-state index contributed by atoms with van der Waals surface area (Å²) in [6.45, 7) is 2.30. The van der Waals surface area contributed by atoms with Crippen molar-refractivity contribution < 1.29 is 0 Å². The number of benzene rings is 1. The molecular weight excluding hydrogens is 242 g/mol. The molecule has 2 fully saturated rings. The molecule has 0 heterocycles. The van der Waals surface area contributed by atoms with Crippen LogP contribution in [0.5, 0.6) is 0 Å². The fourth-order valence-corrected chi connectivity index (χ4v) is 4.09. The molecule has 2 saturated carbocycles. The van der Waals surface area contributed by atoms with Gasteiger partial charge in [-0.25, -0.2) is 0 Å². The molecule has 3 atom stereocenters. The Morgan fingerprint density at radius 3 is 2.30 bits per heavy atom. The van der Waals surface area contributed by atoms with Crippen molar-refractivity contribution in [1.29, 1.82) is 0 Å². The van der Waals surface area contributed by atoms with Crippen LogP contribution in [-0.4, -0.2) is 6.04 Å². The van der Waals surface area contributed by atoms with Gasteiger partial charge in [0, 0.05) is 6.04 Å². The fourth-order valence-electron chi connectivity index (χ4n) is 4.09. The van der Waals surface area contributed by atoms with Crippen LogP contribution in [0, 0.1) is 5.92 Å². The Kier molecular flexibility index (Phi) is 4.45. The van der Waals surface area contributed by atoms with Crippen molar-refractivity contribution in [1.82, 2.24) is 0 Å². The maximum atomic E-state index is 6.40.